The fourth-order valence-corrected chi connectivity index (χ4v) is 4.97. The van der Waals surface area contributed by atoms with Gasteiger partial charge in [0.25, 0.3) is 5.91 Å². The third-order valence-electron chi connectivity index (χ3n) is 5.65. The Morgan fingerprint density at radius 2 is 1.94 bits per heavy atom. The van der Waals surface area contributed by atoms with Crippen molar-refractivity contribution in [2.24, 2.45) is 0 Å². The first-order valence-electron chi connectivity index (χ1n) is 10.4. The first-order valence-corrected chi connectivity index (χ1v) is 11.4. The van der Waals surface area contributed by atoms with Crippen LogP contribution in [0.15, 0.2) is 64.1 Å². The molecule has 3 aromatic heterocycles. The lowest BCUT2D eigenvalue weighted by atomic mass is 9.95. The van der Waals surface area contributed by atoms with Crippen molar-refractivity contribution in [2.75, 3.05) is 13.1 Å². The summed E-state index contributed by atoms with van der Waals surface area (Å²) in [4.78, 5) is 16.2. The predicted molar refractivity (Wildman–Crippen MR) is 118 cm³/mol. The molecule has 31 heavy (non-hydrogen) atoms. The molecule has 1 aliphatic heterocycles. The molecule has 7 nitrogen and oxygen atoms in total. The van der Waals surface area contributed by atoms with Crippen molar-refractivity contribution < 1.29 is 9.32 Å². The normalized spacial score (nSPS) is 14.9. The quantitative estimate of drug-likeness (QED) is 0.436. The van der Waals surface area contributed by atoms with Crippen LogP contribution in [0.25, 0.3) is 5.65 Å². The van der Waals surface area contributed by atoms with Crippen LogP contribution >= 0.6 is 11.8 Å². The number of piperidine rings is 1. The highest BCUT2D eigenvalue weighted by Crippen LogP contribution is 2.31. The van der Waals surface area contributed by atoms with Crippen LogP contribution in [0.1, 0.15) is 46.4 Å². The third-order valence-corrected chi connectivity index (χ3v) is 6.75. The summed E-state index contributed by atoms with van der Waals surface area (Å²) in [5.74, 6) is 2.84. The van der Waals surface area contributed by atoms with Crippen LogP contribution in [0.5, 0.6) is 0 Å². The molecular weight excluding hydrogens is 410 g/mol. The lowest BCUT2D eigenvalue weighted by Crippen LogP contribution is -2.38. The molecule has 0 bridgehead atoms. The second-order valence-corrected chi connectivity index (χ2v) is 8.79. The summed E-state index contributed by atoms with van der Waals surface area (Å²) in [7, 11) is 0. The maximum absolute atomic E-state index is 13.3. The maximum Gasteiger partial charge on any atom is 0.254 e. The number of nitrogens with zero attached hydrogens (tertiary/aromatic N) is 5. The fraction of sp³-hybridized carbons (Fsp3) is 0.304. The minimum atomic E-state index is 0.0846. The van der Waals surface area contributed by atoms with E-state index >= 15 is 0 Å². The second kappa shape index (κ2) is 8.55. The Hall–Kier alpha value is -3.13. The summed E-state index contributed by atoms with van der Waals surface area (Å²) in [6.45, 7) is 3.33. The highest BCUT2D eigenvalue weighted by molar-refractivity contribution is 7.98. The molecule has 0 atom stereocenters. The number of pyridine rings is 1. The molecule has 1 amide bonds. The van der Waals surface area contributed by atoms with E-state index in [1.54, 1.807) is 11.8 Å². The second-order valence-electron chi connectivity index (χ2n) is 7.77. The van der Waals surface area contributed by atoms with Gasteiger partial charge in [-0.15, -0.1) is 22.0 Å². The SMILES string of the molecule is Cc1cc(CSc2ccccc2C(=O)N2CCC(c3nnc4ccccn34)CC2)on1. The van der Waals surface area contributed by atoms with Crippen LogP contribution in [0.4, 0.5) is 0 Å². The number of hydrogen-bond acceptors (Lipinski definition) is 6. The van der Waals surface area contributed by atoms with Crippen molar-refractivity contribution in [3.8, 4) is 0 Å². The molecule has 0 aliphatic carbocycles. The zero-order valence-corrected chi connectivity index (χ0v) is 18.1. The summed E-state index contributed by atoms with van der Waals surface area (Å²) in [5.41, 5.74) is 2.47. The first kappa shape index (κ1) is 19.8. The summed E-state index contributed by atoms with van der Waals surface area (Å²) in [5, 5.41) is 12.6. The van der Waals surface area contributed by atoms with E-state index in [1.807, 2.05) is 66.6 Å². The van der Waals surface area contributed by atoms with Gasteiger partial charge in [-0.05, 0) is 44.0 Å². The van der Waals surface area contributed by atoms with Crippen molar-refractivity contribution >= 4 is 23.3 Å². The van der Waals surface area contributed by atoms with Crippen LogP contribution in [0.2, 0.25) is 0 Å². The summed E-state index contributed by atoms with van der Waals surface area (Å²) in [6, 6.07) is 15.6. The molecule has 0 saturated carbocycles. The van der Waals surface area contributed by atoms with E-state index in [4.69, 9.17) is 4.52 Å². The Labute approximate surface area is 184 Å². The van der Waals surface area contributed by atoms with E-state index in [-0.39, 0.29) is 5.91 Å². The van der Waals surface area contributed by atoms with Gasteiger partial charge in [-0.3, -0.25) is 9.20 Å². The Morgan fingerprint density at radius 3 is 2.74 bits per heavy atom. The van der Waals surface area contributed by atoms with E-state index in [9.17, 15) is 4.79 Å². The van der Waals surface area contributed by atoms with Crippen LogP contribution < -0.4 is 0 Å². The molecular formula is C23H23N5O2S. The van der Waals surface area contributed by atoms with E-state index in [1.165, 1.54) is 0 Å². The average Bonchev–Trinajstić information content (AvgIpc) is 3.43. The largest absolute Gasteiger partial charge is 0.360 e. The minimum Gasteiger partial charge on any atom is -0.360 e. The number of thioether (sulfide) groups is 1. The molecule has 4 heterocycles. The average molecular weight is 434 g/mol. The highest BCUT2D eigenvalue weighted by Gasteiger charge is 2.28. The molecule has 4 aromatic rings. The lowest BCUT2D eigenvalue weighted by Gasteiger charge is -2.31. The van der Waals surface area contributed by atoms with Gasteiger partial charge in [0, 0.05) is 36.2 Å². The molecule has 158 valence electrons. The number of rotatable bonds is 5. The lowest BCUT2D eigenvalue weighted by molar-refractivity contribution is 0.0707. The van der Waals surface area contributed by atoms with Gasteiger partial charge in [-0.2, -0.15) is 0 Å². The van der Waals surface area contributed by atoms with Gasteiger partial charge in [0.1, 0.15) is 11.6 Å². The van der Waals surface area contributed by atoms with Gasteiger partial charge in [0.15, 0.2) is 5.65 Å². The topological polar surface area (TPSA) is 76.5 Å². The van der Waals surface area contributed by atoms with Gasteiger partial charge in [0.2, 0.25) is 0 Å². The number of carbonyl (C=O) groups excluding carboxylic acids is 1. The van der Waals surface area contributed by atoms with Gasteiger partial charge in [-0.25, -0.2) is 0 Å². The summed E-state index contributed by atoms with van der Waals surface area (Å²) < 4.78 is 7.36. The maximum atomic E-state index is 13.3. The molecule has 0 unspecified atom stereocenters. The van der Waals surface area contributed by atoms with Crippen molar-refractivity contribution in [2.45, 2.75) is 36.3 Å². The standard InChI is InChI=1S/C23H23N5O2S/c1-16-14-18(30-26-16)15-31-20-7-3-2-6-19(20)23(29)27-12-9-17(10-13-27)22-25-24-21-8-4-5-11-28(21)22/h2-8,11,14,17H,9-10,12-13,15H2,1H3. The van der Waals surface area contributed by atoms with Crippen LogP contribution in [0, 0.1) is 6.92 Å². The van der Waals surface area contributed by atoms with E-state index in [0.717, 1.165) is 46.2 Å². The van der Waals surface area contributed by atoms with Gasteiger partial charge < -0.3 is 9.42 Å². The van der Waals surface area contributed by atoms with Crippen molar-refractivity contribution in [1.82, 2.24) is 24.7 Å². The van der Waals surface area contributed by atoms with Crippen molar-refractivity contribution in [3.63, 3.8) is 0 Å². The number of carbonyl (C=O) groups is 1. The van der Waals surface area contributed by atoms with Crippen molar-refractivity contribution in [1.29, 1.82) is 0 Å². The van der Waals surface area contributed by atoms with Gasteiger partial charge >= 0.3 is 0 Å². The Kier molecular flexibility index (Phi) is 5.46. The van der Waals surface area contributed by atoms with Gasteiger partial charge in [-0.1, -0.05) is 23.4 Å². The number of likely N-dealkylation sites (tertiary alicyclic amines) is 1. The molecule has 5 rings (SSSR count). The monoisotopic (exact) mass is 433 g/mol. The molecule has 8 heteroatoms. The van der Waals surface area contributed by atoms with Crippen molar-refractivity contribution in [3.05, 3.63) is 77.6 Å². The highest BCUT2D eigenvalue weighted by atomic mass is 32.2. The predicted octanol–water partition coefficient (Wildman–Crippen LogP) is 4.34. The zero-order valence-electron chi connectivity index (χ0n) is 17.3. The van der Waals surface area contributed by atoms with Gasteiger partial charge in [0.05, 0.1) is 17.0 Å². The zero-order chi connectivity index (χ0) is 21.2. The first-order chi connectivity index (χ1) is 15.2. The Balaban J connectivity index is 1.26. The number of fused-ring (bicyclic) bond motifs is 1. The Bertz CT molecular complexity index is 1210. The molecule has 0 spiro atoms. The molecule has 1 aromatic carbocycles. The molecule has 0 radical (unpaired) electrons. The molecule has 1 fully saturated rings. The third kappa shape index (κ3) is 4.07. The van der Waals surface area contributed by atoms with Crippen LogP contribution in [-0.4, -0.2) is 43.7 Å². The fourth-order valence-electron chi connectivity index (χ4n) is 4.05. The molecule has 1 saturated heterocycles. The number of benzene rings is 1. The number of aryl methyl sites for hydroxylation is 1. The summed E-state index contributed by atoms with van der Waals surface area (Å²) >= 11 is 1.60. The summed E-state index contributed by atoms with van der Waals surface area (Å²) in [6.07, 6.45) is 3.77. The Morgan fingerprint density at radius 1 is 1.13 bits per heavy atom. The smallest absolute Gasteiger partial charge is 0.254 e. The van der Waals surface area contributed by atoms with E-state index < -0.39 is 0 Å². The number of amides is 1. The van der Waals surface area contributed by atoms with E-state index in [2.05, 4.69) is 19.8 Å². The number of hydrogen-bond donors (Lipinski definition) is 0. The minimum absolute atomic E-state index is 0.0846. The van der Waals surface area contributed by atoms with Crippen LogP contribution in [0.3, 0.4) is 0 Å². The van der Waals surface area contributed by atoms with E-state index in [0.29, 0.717) is 24.8 Å². The number of aromatic nitrogens is 4. The van der Waals surface area contributed by atoms with Crippen LogP contribution in [-0.2, 0) is 5.75 Å². The molecule has 1 aliphatic rings. The molecule has 0 N–H and O–H groups in total.